The molecule has 0 saturated heterocycles. The Balaban J connectivity index is 1.98. The molecule has 0 spiro atoms. The van der Waals surface area contributed by atoms with Crippen molar-refractivity contribution >= 4 is 17.3 Å². The van der Waals surface area contributed by atoms with Gasteiger partial charge in [-0.1, -0.05) is 6.07 Å². The monoisotopic (exact) mass is 432 g/mol. The number of pyridine rings is 1. The summed E-state index contributed by atoms with van der Waals surface area (Å²) in [6.07, 6.45) is 3.61. The second-order valence-corrected chi connectivity index (χ2v) is 6.79. The zero-order valence-electron chi connectivity index (χ0n) is 16.6. The number of amides is 1. The number of hydrogen-bond donors (Lipinski definition) is 2. The highest BCUT2D eigenvalue weighted by molar-refractivity contribution is 6.06. The molecule has 0 atom stereocenters. The molecule has 0 fully saturated rings. The Morgan fingerprint density at radius 1 is 1.03 bits per heavy atom. The minimum Gasteiger partial charge on any atom is -0.373 e. The molecule has 9 heteroatoms. The molecule has 0 saturated carbocycles. The van der Waals surface area contributed by atoms with Crippen LogP contribution in [0.1, 0.15) is 16.8 Å². The van der Waals surface area contributed by atoms with Gasteiger partial charge in [0.2, 0.25) is 0 Å². The summed E-state index contributed by atoms with van der Waals surface area (Å²) < 4.78 is 57.7. The van der Waals surface area contributed by atoms with E-state index in [0.717, 1.165) is 30.3 Å². The van der Waals surface area contributed by atoms with Crippen LogP contribution in [0.3, 0.4) is 0 Å². The number of halogens is 4. The molecule has 162 valence electrons. The van der Waals surface area contributed by atoms with Crippen LogP contribution in [0.15, 0.2) is 48.8 Å². The predicted octanol–water partition coefficient (Wildman–Crippen LogP) is 4.34. The van der Waals surface area contributed by atoms with Crippen LogP contribution in [-0.4, -0.2) is 31.0 Å². The first-order valence-electron chi connectivity index (χ1n) is 9.44. The van der Waals surface area contributed by atoms with E-state index in [1.807, 2.05) is 4.90 Å². The van der Waals surface area contributed by atoms with E-state index in [9.17, 15) is 18.0 Å². The summed E-state index contributed by atoms with van der Waals surface area (Å²) in [4.78, 5) is 18.6. The SMILES string of the molecule is CN(CCCN)c1ccncc1NC(=O)c1ccc(F)c(-c2c(F)cccc2F)c1F. The lowest BCUT2D eigenvalue weighted by atomic mass is 9.99. The number of nitrogens with zero attached hydrogens (tertiary/aromatic N) is 2. The van der Waals surface area contributed by atoms with Crippen LogP contribution in [-0.2, 0) is 0 Å². The van der Waals surface area contributed by atoms with Crippen molar-refractivity contribution in [2.24, 2.45) is 5.73 Å². The maximum absolute atomic E-state index is 15.1. The fourth-order valence-electron chi connectivity index (χ4n) is 3.15. The van der Waals surface area contributed by atoms with Crippen molar-refractivity contribution < 1.29 is 22.4 Å². The number of benzene rings is 2. The van der Waals surface area contributed by atoms with Crippen molar-refractivity contribution in [1.82, 2.24) is 4.98 Å². The van der Waals surface area contributed by atoms with Crippen molar-refractivity contribution in [3.8, 4) is 11.1 Å². The fourth-order valence-corrected chi connectivity index (χ4v) is 3.15. The fraction of sp³-hybridized carbons (Fsp3) is 0.182. The third-order valence-corrected chi connectivity index (χ3v) is 4.70. The van der Waals surface area contributed by atoms with E-state index in [4.69, 9.17) is 5.73 Å². The van der Waals surface area contributed by atoms with E-state index in [1.165, 1.54) is 12.4 Å². The van der Waals surface area contributed by atoms with Crippen LogP contribution in [0.25, 0.3) is 11.1 Å². The average molecular weight is 432 g/mol. The molecule has 31 heavy (non-hydrogen) atoms. The Bertz CT molecular complexity index is 1090. The molecule has 0 unspecified atom stereocenters. The van der Waals surface area contributed by atoms with Crippen molar-refractivity contribution in [2.75, 3.05) is 30.4 Å². The molecule has 0 radical (unpaired) electrons. The van der Waals surface area contributed by atoms with Crippen LogP contribution < -0.4 is 16.0 Å². The van der Waals surface area contributed by atoms with Gasteiger partial charge in [-0.05, 0) is 43.3 Å². The van der Waals surface area contributed by atoms with Crippen molar-refractivity contribution in [2.45, 2.75) is 6.42 Å². The maximum atomic E-state index is 15.1. The van der Waals surface area contributed by atoms with E-state index in [1.54, 1.807) is 13.1 Å². The van der Waals surface area contributed by atoms with Gasteiger partial charge in [0.15, 0.2) is 0 Å². The second-order valence-electron chi connectivity index (χ2n) is 6.79. The lowest BCUT2D eigenvalue weighted by Crippen LogP contribution is -2.23. The van der Waals surface area contributed by atoms with Gasteiger partial charge < -0.3 is 16.0 Å². The topological polar surface area (TPSA) is 71.2 Å². The van der Waals surface area contributed by atoms with Gasteiger partial charge in [-0.3, -0.25) is 9.78 Å². The molecule has 2 aromatic carbocycles. The molecule has 0 aliphatic heterocycles. The van der Waals surface area contributed by atoms with Gasteiger partial charge in [-0.2, -0.15) is 0 Å². The highest BCUT2D eigenvalue weighted by atomic mass is 19.1. The summed E-state index contributed by atoms with van der Waals surface area (Å²) in [7, 11) is 1.79. The Morgan fingerprint density at radius 3 is 2.39 bits per heavy atom. The number of nitrogens with two attached hydrogens (primary N) is 1. The summed E-state index contributed by atoms with van der Waals surface area (Å²) >= 11 is 0. The zero-order valence-corrected chi connectivity index (χ0v) is 16.6. The Labute approximate surface area is 176 Å². The number of hydrogen-bond acceptors (Lipinski definition) is 4. The van der Waals surface area contributed by atoms with Crippen LogP contribution in [0.5, 0.6) is 0 Å². The van der Waals surface area contributed by atoms with Gasteiger partial charge in [0.05, 0.1) is 34.3 Å². The highest BCUT2D eigenvalue weighted by Crippen LogP contribution is 2.33. The summed E-state index contributed by atoms with van der Waals surface area (Å²) in [5.41, 5.74) is 4.03. The standard InChI is InChI=1S/C22H20F4N4O/c1-30(11-3-9-27)18-8-10-28-12-17(18)29-22(31)13-6-7-16(25)20(21(13)26)19-14(23)4-2-5-15(19)24/h2,4-8,10,12H,3,9,11,27H2,1H3,(H,29,31). The Morgan fingerprint density at radius 2 is 1.71 bits per heavy atom. The number of rotatable bonds is 7. The zero-order chi connectivity index (χ0) is 22.5. The van der Waals surface area contributed by atoms with Gasteiger partial charge in [0.1, 0.15) is 23.3 Å². The summed E-state index contributed by atoms with van der Waals surface area (Å²) in [6.45, 7) is 1.08. The number of aromatic nitrogens is 1. The average Bonchev–Trinajstić information content (AvgIpc) is 2.74. The minimum atomic E-state index is -1.37. The number of nitrogens with one attached hydrogen (secondary N) is 1. The van der Waals surface area contributed by atoms with E-state index >= 15 is 4.39 Å². The molecular weight excluding hydrogens is 412 g/mol. The molecule has 1 heterocycles. The van der Waals surface area contributed by atoms with Gasteiger partial charge in [0.25, 0.3) is 5.91 Å². The van der Waals surface area contributed by atoms with E-state index < -0.39 is 45.9 Å². The summed E-state index contributed by atoms with van der Waals surface area (Å²) in [5, 5.41) is 2.53. The van der Waals surface area contributed by atoms with E-state index in [0.29, 0.717) is 25.2 Å². The molecule has 3 N–H and O–H groups in total. The van der Waals surface area contributed by atoms with Gasteiger partial charge >= 0.3 is 0 Å². The van der Waals surface area contributed by atoms with E-state index in [-0.39, 0.29) is 5.69 Å². The number of anilines is 2. The van der Waals surface area contributed by atoms with Gasteiger partial charge in [-0.15, -0.1) is 0 Å². The first kappa shape index (κ1) is 22.2. The van der Waals surface area contributed by atoms with Gasteiger partial charge in [0, 0.05) is 19.8 Å². The smallest absolute Gasteiger partial charge is 0.258 e. The van der Waals surface area contributed by atoms with Crippen molar-refractivity contribution in [1.29, 1.82) is 0 Å². The number of carbonyl (C=O) groups excluding carboxylic acids is 1. The summed E-state index contributed by atoms with van der Waals surface area (Å²) in [5.74, 6) is -5.78. The third-order valence-electron chi connectivity index (χ3n) is 4.70. The first-order chi connectivity index (χ1) is 14.8. The quantitative estimate of drug-likeness (QED) is 0.545. The van der Waals surface area contributed by atoms with Crippen LogP contribution >= 0.6 is 0 Å². The number of carbonyl (C=O) groups is 1. The highest BCUT2D eigenvalue weighted by Gasteiger charge is 2.25. The predicted molar refractivity (Wildman–Crippen MR) is 111 cm³/mol. The molecular formula is C22H20F4N4O. The lowest BCUT2D eigenvalue weighted by Gasteiger charge is -2.22. The minimum absolute atomic E-state index is 0.286. The largest absolute Gasteiger partial charge is 0.373 e. The molecule has 5 nitrogen and oxygen atoms in total. The maximum Gasteiger partial charge on any atom is 0.258 e. The Hall–Kier alpha value is -3.46. The third kappa shape index (κ3) is 4.66. The second kappa shape index (κ2) is 9.57. The van der Waals surface area contributed by atoms with Crippen molar-refractivity contribution in [3.05, 3.63) is 77.6 Å². The first-order valence-corrected chi connectivity index (χ1v) is 9.44. The lowest BCUT2D eigenvalue weighted by molar-refractivity contribution is 0.102. The molecule has 0 aliphatic carbocycles. The van der Waals surface area contributed by atoms with Crippen LogP contribution in [0, 0.1) is 23.3 Å². The Kier molecular flexibility index (Phi) is 6.86. The normalized spacial score (nSPS) is 10.8. The molecule has 1 amide bonds. The van der Waals surface area contributed by atoms with Crippen LogP contribution in [0.2, 0.25) is 0 Å². The molecule has 0 bridgehead atoms. The molecule has 1 aromatic heterocycles. The molecule has 0 aliphatic rings. The van der Waals surface area contributed by atoms with Gasteiger partial charge in [-0.25, -0.2) is 17.6 Å². The molecule has 3 rings (SSSR count). The van der Waals surface area contributed by atoms with E-state index in [2.05, 4.69) is 10.3 Å². The van der Waals surface area contributed by atoms with Crippen LogP contribution in [0.4, 0.5) is 28.9 Å². The van der Waals surface area contributed by atoms with Crippen molar-refractivity contribution in [3.63, 3.8) is 0 Å². The summed E-state index contributed by atoms with van der Waals surface area (Å²) in [6, 6.07) is 6.19. The molecule has 3 aromatic rings.